The van der Waals surface area contributed by atoms with Gasteiger partial charge in [0.2, 0.25) is 0 Å². The van der Waals surface area contributed by atoms with E-state index in [4.69, 9.17) is 0 Å². The van der Waals surface area contributed by atoms with E-state index in [1.54, 1.807) is 50.3 Å². The zero-order valence-electron chi connectivity index (χ0n) is 31.2. The highest BCUT2D eigenvalue weighted by atomic mass is 15.2. The molecular formula is C48H55N. The highest BCUT2D eigenvalue weighted by Gasteiger charge is 2.43. The summed E-state index contributed by atoms with van der Waals surface area (Å²) in [5, 5.41) is 0. The van der Waals surface area contributed by atoms with Gasteiger partial charge in [0, 0.05) is 23.0 Å². The molecule has 2 aromatic carbocycles. The Bertz CT molecular complexity index is 1960. The molecule has 1 nitrogen and oxygen atoms in total. The van der Waals surface area contributed by atoms with Crippen LogP contribution in [-0.2, 0) is 6.42 Å². The maximum absolute atomic E-state index is 2.71. The largest absolute Gasteiger partial charge is 0.317 e. The van der Waals surface area contributed by atoms with E-state index >= 15 is 0 Å². The van der Waals surface area contributed by atoms with Crippen molar-refractivity contribution in [2.24, 2.45) is 22.7 Å². The van der Waals surface area contributed by atoms with Crippen LogP contribution in [0.3, 0.4) is 0 Å². The van der Waals surface area contributed by atoms with E-state index in [0.29, 0.717) is 17.8 Å². The summed E-state index contributed by atoms with van der Waals surface area (Å²) in [5.74, 6) is 1.34. The van der Waals surface area contributed by atoms with Crippen molar-refractivity contribution in [2.75, 3.05) is 4.90 Å². The van der Waals surface area contributed by atoms with Crippen molar-refractivity contribution in [2.45, 2.75) is 106 Å². The van der Waals surface area contributed by atoms with Gasteiger partial charge in [-0.2, -0.15) is 0 Å². The fourth-order valence-corrected chi connectivity index (χ4v) is 10.1. The van der Waals surface area contributed by atoms with Crippen molar-refractivity contribution < 1.29 is 0 Å². The molecule has 3 unspecified atom stereocenters. The van der Waals surface area contributed by atoms with Gasteiger partial charge in [-0.3, -0.25) is 0 Å². The standard InChI is InChI=1S/C48H55N/c1-30-31(2)49(46-40-26-24-35-16-12-15-34-19-22-37(27-41(30)46)44(40)43(34)35)39-25-23-38(29-47(3,4)5)42(28-39)45(48(6,7)8)36-20-17-33(18-21-36)32-13-10-9-11-14-32/h9-15,17-18,20,23-25,28,36,41,45H,16,19,21-22,26-27,29H2,1-8H3. The number of nitrogens with zero attached hydrogens (tertiary/aromatic N) is 1. The molecule has 0 N–H and O–H groups in total. The van der Waals surface area contributed by atoms with Gasteiger partial charge >= 0.3 is 0 Å². The smallest absolute Gasteiger partial charge is 0.0458 e. The minimum atomic E-state index is 0.100. The SMILES string of the molecule is CC1=C(C)N(c2ccc(CC(C)(C)C)c(C(C3C=CC(c4ccccc4)=CC3)C(C)(C)C)c2)C2=C3CC=C4CC=CC5=C4C3=C(CC5)CC12. The molecule has 252 valence electrons. The quantitative estimate of drug-likeness (QED) is 0.313. The number of benzene rings is 2. The predicted molar refractivity (Wildman–Crippen MR) is 209 cm³/mol. The Kier molecular flexibility index (Phi) is 7.86. The third kappa shape index (κ3) is 5.62. The fraction of sp³-hybridized carbons (Fsp3) is 0.417. The van der Waals surface area contributed by atoms with Crippen LogP contribution in [0.4, 0.5) is 5.69 Å². The monoisotopic (exact) mass is 645 g/mol. The molecule has 1 heterocycles. The van der Waals surface area contributed by atoms with Gasteiger partial charge < -0.3 is 4.90 Å². The Hall–Kier alpha value is -3.84. The van der Waals surface area contributed by atoms with Crippen molar-refractivity contribution >= 4 is 11.3 Å². The maximum Gasteiger partial charge on any atom is 0.0458 e. The van der Waals surface area contributed by atoms with Crippen LogP contribution in [0.15, 0.2) is 135 Å². The number of allylic oxidation sites excluding steroid dienone is 15. The summed E-state index contributed by atoms with van der Waals surface area (Å²) in [6.07, 6.45) is 22.7. The van der Waals surface area contributed by atoms with E-state index in [1.807, 2.05) is 0 Å². The van der Waals surface area contributed by atoms with Crippen LogP contribution in [-0.4, -0.2) is 0 Å². The van der Waals surface area contributed by atoms with Gasteiger partial charge in [0.1, 0.15) is 0 Å². The second-order valence-corrected chi connectivity index (χ2v) is 17.9. The van der Waals surface area contributed by atoms with E-state index in [-0.39, 0.29) is 10.8 Å². The summed E-state index contributed by atoms with van der Waals surface area (Å²) in [6, 6.07) is 18.5. The number of fused-ring (bicyclic) bond motifs is 1. The Labute approximate surface area is 296 Å². The van der Waals surface area contributed by atoms with Crippen molar-refractivity contribution in [1.29, 1.82) is 0 Å². The summed E-state index contributed by atoms with van der Waals surface area (Å²) in [6.45, 7) is 19.4. The summed E-state index contributed by atoms with van der Waals surface area (Å²) >= 11 is 0. The Balaban J connectivity index is 1.25. The van der Waals surface area contributed by atoms with Crippen molar-refractivity contribution in [3.8, 4) is 0 Å². The second-order valence-electron chi connectivity index (χ2n) is 17.9. The van der Waals surface area contributed by atoms with Gasteiger partial charge in [-0.1, -0.05) is 120 Å². The van der Waals surface area contributed by atoms with Crippen LogP contribution in [0.25, 0.3) is 5.57 Å². The number of hydrogen-bond acceptors (Lipinski definition) is 1. The maximum atomic E-state index is 2.71. The molecule has 1 heteroatoms. The number of rotatable bonds is 5. The van der Waals surface area contributed by atoms with Crippen LogP contribution < -0.4 is 4.90 Å². The van der Waals surface area contributed by atoms with E-state index < -0.39 is 0 Å². The predicted octanol–water partition coefficient (Wildman–Crippen LogP) is 13.1. The Morgan fingerprint density at radius 1 is 0.857 bits per heavy atom. The zero-order chi connectivity index (χ0) is 34.2. The minimum absolute atomic E-state index is 0.100. The first-order chi connectivity index (χ1) is 23.4. The lowest BCUT2D eigenvalue weighted by molar-refractivity contribution is 0.261. The molecule has 0 bridgehead atoms. The average molecular weight is 646 g/mol. The minimum Gasteiger partial charge on any atom is -0.317 e. The van der Waals surface area contributed by atoms with Gasteiger partial charge in [-0.25, -0.2) is 0 Å². The van der Waals surface area contributed by atoms with Gasteiger partial charge in [0.15, 0.2) is 0 Å². The number of anilines is 1. The van der Waals surface area contributed by atoms with E-state index in [0.717, 1.165) is 25.7 Å². The normalized spacial score (nSPS) is 24.0. The lowest BCUT2D eigenvalue weighted by Gasteiger charge is -2.41. The molecule has 1 aliphatic heterocycles. The van der Waals surface area contributed by atoms with Gasteiger partial charge in [0.25, 0.3) is 0 Å². The van der Waals surface area contributed by atoms with Crippen molar-refractivity contribution in [3.05, 3.63) is 152 Å². The van der Waals surface area contributed by atoms with Crippen molar-refractivity contribution in [1.82, 2.24) is 0 Å². The van der Waals surface area contributed by atoms with Gasteiger partial charge in [-0.05, 0) is 149 Å². The summed E-state index contributed by atoms with van der Waals surface area (Å²) in [4.78, 5) is 2.71. The van der Waals surface area contributed by atoms with Crippen LogP contribution >= 0.6 is 0 Å². The molecule has 0 radical (unpaired) electrons. The molecule has 3 atom stereocenters. The van der Waals surface area contributed by atoms with E-state index in [1.165, 1.54) is 47.3 Å². The first-order valence-electron chi connectivity index (χ1n) is 19.0. The highest BCUT2D eigenvalue weighted by molar-refractivity contribution is 5.77. The third-order valence-electron chi connectivity index (χ3n) is 12.3. The van der Waals surface area contributed by atoms with Gasteiger partial charge in [-0.15, -0.1) is 0 Å². The molecule has 5 aliphatic carbocycles. The highest BCUT2D eigenvalue weighted by Crippen LogP contribution is 2.57. The summed E-state index contributed by atoms with van der Waals surface area (Å²) in [5.41, 5.74) is 21.7. The molecule has 8 rings (SSSR count). The van der Waals surface area contributed by atoms with Crippen molar-refractivity contribution in [3.63, 3.8) is 0 Å². The lowest BCUT2D eigenvalue weighted by Crippen LogP contribution is -2.29. The molecule has 0 amide bonds. The second kappa shape index (κ2) is 11.9. The molecule has 49 heavy (non-hydrogen) atoms. The first-order valence-corrected chi connectivity index (χ1v) is 19.0. The Morgan fingerprint density at radius 2 is 1.65 bits per heavy atom. The zero-order valence-corrected chi connectivity index (χ0v) is 31.2. The first kappa shape index (κ1) is 32.4. The van der Waals surface area contributed by atoms with Crippen LogP contribution in [0, 0.1) is 22.7 Å². The topological polar surface area (TPSA) is 3.24 Å². The molecule has 0 fully saturated rings. The molecule has 0 saturated heterocycles. The molecular weight excluding hydrogens is 591 g/mol. The molecule has 0 saturated carbocycles. The lowest BCUT2D eigenvalue weighted by atomic mass is 9.65. The fourth-order valence-electron chi connectivity index (χ4n) is 10.1. The molecule has 0 spiro atoms. The van der Waals surface area contributed by atoms with Crippen LogP contribution in [0.5, 0.6) is 0 Å². The number of hydrogen-bond donors (Lipinski definition) is 0. The summed E-state index contributed by atoms with van der Waals surface area (Å²) < 4.78 is 0. The van der Waals surface area contributed by atoms with E-state index in [9.17, 15) is 0 Å². The Morgan fingerprint density at radius 3 is 2.37 bits per heavy atom. The molecule has 0 aromatic heterocycles. The third-order valence-corrected chi connectivity index (χ3v) is 12.3. The molecule has 6 aliphatic rings. The average Bonchev–Trinajstić information content (AvgIpc) is 3.32. The van der Waals surface area contributed by atoms with Crippen LogP contribution in [0.1, 0.15) is 117 Å². The summed E-state index contributed by atoms with van der Waals surface area (Å²) in [7, 11) is 0. The molecule has 2 aromatic rings. The van der Waals surface area contributed by atoms with E-state index in [2.05, 4.69) is 145 Å². The van der Waals surface area contributed by atoms with Gasteiger partial charge in [0.05, 0.1) is 0 Å². The van der Waals surface area contributed by atoms with Crippen LogP contribution in [0.2, 0.25) is 0 Å².